The third-order valence-corrected chi connectivity index (χ3v) is 6.68. The van der Waals surface area contributed by atoms with Crippen LogP contribution < -0.4 is 14.2 Å². The van der Waals surface area contributed by atoms with E-state index in [4.69, 9.17) is 25.8 Å². The predicted molar refractivity (Wildman–Crippen MR) is 135 cm³/mol. The van der Waals surface area contributed by atoms with Gasteiger partial charge in [0.2, 0.25) is 5.75 Å². The molecule has 34 heavy (non-hydrogen) atoms. The fourth-order valence-corrected chi connectivity index (χ4v) is 4.40. The van der Waals surface area contributed by atoms with Crippen LogP contribution in [0.4, 0.5) is 0 Å². The van der Waals surface area contributed by atoms with E-state index in [-0.39, 0.29) is 10.8 Å². The fraction of sp³-hybridized carbons (Fsp3) is 0.231. The number of hydrogen-bond acceptors (Lipinski definition) is 7. The lowest BCUT2D eigenvalue weighted by atomic mass is 10.0. The lowest BCUT2D eigenvalue weighted by Gasteiger charge is -2.16. The standard InChI is InChI=1S/C26H25ClN2O4S/c1-15(2)17-7-5-16(6-8-17)14-33-24-22(31-3)12-19(13-23(24)32-4)26-29-28-25(34-26)18-9-10-21(30)20(27)11-18/h5-13,15,30H,14H2,1-4H3. The average Bonchev–Trinajstić information content (AvgIpc) is 3.34. The second-order valence-electron chi connectivity index (χ2n) is 7.97. The van der Waals surface area contributed by atoms with E-state index in [0.29, 0.717) is 39.8 Å². The quantitative estimate of drug-likeness (QED) is 0.284. The van der Waals surface area contributed by atoms with Crippen LogP contribution in [-0.2, 0) is 6.61 Å². The highest BCUT2D eigenvalue weighted by Crippen LogP contribution is 2.43. The van der Waals surface area contributed by atoms with Crippen molar-refractivity contribution < 1.29 is 19.3 Å². The van der Waals surface area contributed by atoms with Crippen molar-refractivity contribution >= 4 is 22.9 Å². The molecule has 0 radical (unpaired) electrons. The molecule has 0 amide bonds. The van der Waals surface area contributed by atoms with Gasteiger partial charge in [0.1, 0.15) is 22.4 Å². The van der Waals surface area contributed by atoms with Crippen molar-refractivity contribution in [1.29, 1.82) is 0 Å². The Kier molecular flexibility index (Phi) is 7.24. The molecule has 176 valence electrons. The van der Waals surface area contributed by atoms with Crippen LogP contribution in [0.15, 0.2) is 54.6 Å². The van der Waals surface area contributed by atoms with Crippen molar-refractivity contribution in [3.63, 3.8) is 0 Å². The molecule has 4 rings (SSSR count). The van der Waals surface area contributed by atoms with Gasteiger partial charge in [0.15, 0.2) is 11.5 Å². The summed E-state index contributed by atoms with van der Waals surface area (Å²) in [7, 11) is 3.18. The molecule has 0 aliphatic carbocycles. The van der Waals surface area contributed by atoms with E-state index in [2.05, 4.69) is 48.3 Å². The summed E-state index contributed by atoms with van der Waals surface area (Å²) in [5.41, 5.74) is 3.90. The molecular formula is C26H25ClN2O4S. The van der Waals surface area contributed by atoms with Gasteiger partial charge < -0.3 is 19.3 Å². The van der Waals surface area contributed by atoms with Crippen molar-refractivity contribution in [3.05, 3.63) is 70.7 Å². The van der Waals surface area contributed by atoms with E-state index in [0.717, 1.165) is 16.7 Å². The summed E-state index contributed by atoms with van der Waals surface area (Å²) in [5.74, 6) is 2.11. The summed E-state index contributed by atoms with van der Waals surface area (Å²) in [6, 6.07) is 17.0. The molecule has 0 fully saturated rings. The molecule has 3 aromatic carbocycles. The van der Waals surface area contributed by atoms with Crippen LogP contribution in [-0.4, -0.2) is 29.5 Å². The van der Waals surface area contributed by atoms with Crippen molar-refractivity contribution in [2.45, 2.75) is 26.4 Å². The number of aromatic hydroxyl groups is 1. The second-order valence-corrected chi connectivity index (χ2v) is 9.36. The Morgan fingerprint density at radius 3 is 2.06 bits per heavy atom. The highest BCUT2D eigenvalue weighted by Gasteiger charge is 2.18. The number of halogens is 1. The molecule has 0 bridgehead atoms. The van der Waals surface area contributed by atoms with E-state index >= 15 is 0 Å². The first-order valence-corrected chi connectivity index (χ1v) is 11.9. The van der Waals surface area contributed by atoms with Gasteiger partial charge in [0, 0.05) is 11.1 Å². The molecule has 0 spiro atoms. The molecule has 0 saturated heterocycles. The monoisotopic (exact) mass is 496 g/mol. The molecule has 6 nitrogen and oxygen atoms in total. The Balaban J connectivity index is 1.60. The minimum absolute atomic E-state index is 0.0241. The third-order valence-electron chi connectivity index (χ3n) is 5.36. The molecule has 0 unspecified atom stereocenters. The first kappa shape index (κ1) is 23.9. The molecule has 0 atom stereocenters. The largest absolute Gasteiger partial charge is 0.506 e. The Labute approximate surface area is 207 Å². The zero-order chi connectivity index (χ0) is 24.2. The number of methoxy groups -OCH3 is 2. The second kappa shape index (κ2) is 10.3. The van der Waals surface area contributed by atoms with Gasteiger partial charge >= 0.3 is 0 Å². The number of ether oxygens (including phenoxy) is 3. The van der Waals surface area contributed by atoms with Crippen LogP contribution in [0.3, 0.4) is 0 Å². The zero-order valence-electron chi connectivity index (χ0n) is 19.3. The van der Waals surface area contributed by atoms with Gasteiger partial charge in [-0.25, -0.2) is 0 Å². The third kappa shape index (κ3) is 5.11. The topological polar surface area (TPSA) is 73.7 Å². The molecule has 0 aliphatic heterocycles. The molecular weight excluding hydrogens is 472 g/mol. The molecule has 0 saturated carbocycles. The maximum atomic E-state index is 9.66. The number of aromatic nitrogens is 2. The first-order chi connectivity index (χ1) is 16.4. The van der Waals surface area contributed by atoms with Gasteiger partial charge in [-0.2, -0.15) is 0 Å². The molecule has 1 N–H and O–H groups in total. The highest BCUT2D eigenvalue weighted by molar-refractivity contribution is 7.17. The number of hydrogen-bond donors (Lipinski definition) is 1. The Morgan fingerprint density at radius 2 is 1.50 bits per heavy atom. The van der Waals surface area contributed by atoms with Crippen molar-refractivity contribution in [3.8, 4) is 44.1 Å². The summed E-state index contributed by atoms with van der Waals surface area (Å²) in [5, 5.41) is 19.9. The van der Waals surface area contributed by atoms with Crippen molar-refractivity contribution in [2.24, 2.45) is 0 Å². The lowest BCUT2D eigenvalue weighted by molar-refractivity contribution is 0.266. The molecule has 0 aliphatic rings. The number of nitrogens with zero attached hydrogens (tertiary/aromatic N) is 2. The van der Waals surface area contributed by atoms with Crippen LogP contribution in [0.1, 0.15) is 30.9 Å². The lowest BCUT2D eigenvalue weighted by Crippen LogP contribution is -2.01. The summed E-state index contributed by atoms with van der Waals surface area (Å²) in [6.07, 6.45) is 0. The summed E-state index contributed by atoms with van der Waals surface area (Å²) < 4.78 is 17.3. The Hall–Kier alpha value is -3.29. The Morgan fingerprint density at radius 1 is 0.882 bits per heavy atom. The summed E-state index contributed by atoms with van der Waals surface area (Å²) >= 11 is 7.44. The summed E-state index contributed by atoms with van der Waals surface area (Å²) in [4.78, 5) is 0. The van der Waals surface area contributed by atoms with Crippen molar-refractivity contribution in [2.75, 3.05) is 14.2 Å². The smallest absolute Gasteiger partial charge is 0.203 e. The van der Waals surface area contributed by atoms with Crippen LogP contribution in [0.5, 0.6) is 23.0 Å². The number of phenols is 1. The highest BCUT2D eigenvalue weighted by atomic mass is 35.5. The number of phenolic OH excluding ortho intramolecular Hbond substituents is 1. The van der Waals surface area contributed by atoms with Crippen LogP contribution in [0.2, 0.25) is 5.02 Å². The van der Waals surface area contributed by atoms with Crippen LogP contribution >= 0.6 is 22.9 Å². The maximum Gasteiger partial charge on any atom is 0.203 e. The maximum absolute atomic E-state index is 9.66. The van der Waals surface area contributed by atoms with Gasteiger partial charge in [-0.1, -0.05) is 61.1 Å². The van der Waals surface area contributed by atoms with Gasteiger partial charge in [-0.3, -0.25) is 0 Å². The average molecular weight is 497 g/mol. The molecule has 4 aromatic rings. The first-order valence-electron chi connectivity index (χ1n) is 10.7. The predicted octanol–water partition coefficient (Wildman–Crippen LogP) is 6.95. The van der Waals surface area contributed by atoms with Gasteiger partial charge in [0.05, 0.1) is 19.2 Å². The van der Waals surface area contributed by atoms with E-state index < -0.39 is 0 Å². The Bertz CT molecular complexity index is 1260. The molecule has 8 heteroatoms. The molecule has 1 heterocycles. The van der Waals surface area contributed by atoms with Crippen LogP contribution in [0.25, 0.3) is 21.1 Å². The molecule has 1 aromatic heterocycles. The SMILES string of the molecule is COc1cc(-c2nnc(-c3ccc(O)c(Cl)c3)s2)cc(OC)c1OCc1ccc(C(C)C)cc1. The van der Waals surface area contributed by atoms with Gasteiger partial charge in [0.25, 0.3) is 0 Å². The van der Waals surface area contributed by atoms with Gasteiger partial charge in [-0.05, 0) is 47.4 Å². The van der Waals surface area contributed by atoms with Gasteiger partial charge in [-0.15, -0.1) is 10.2 Å². The number of benzene rings is 3. The number of rotatable bonds is 8. The zero-order valence-corrected chi connectivity index (χ0v) is 20.9. The minimum Gasteiger partial charge on any atom is -0.506 e. The van der Waals surface area contributed by atoms with Crippen LogP contribution in [0, 0.1) is 0 Å². The van der Waals surface area contributed by atoms with E-state index in [9.17, 15) is 5.11 Å². The van der Waals surface area contributed by atoms with E-state index in [1.54, 1.807) is 26.4 Å². The fourth-order valence-electron chi connectivity index (χ4n) is 3.40. The van der Waals surface area contributed by atoms with Crippen molar-refractivity contribution in [1.82, 2.24) is 10.2 Å². The van der Waals surface area contributed by atoms with E-state index in [1.807, 2.05) is 12.1 Å². The summed E-state index contributed by atoms with van der Waals surface area (Å²) in [6.45, 7) is 4.72. The van der Waals surface area contributed by atoms with E-state index in [1.165, 1.54) is 23.0 Å². The normalized spacial score (nSPS) is 11.0. The minimum atomic E-state index is 0.0241.